The Hall–Kier alpha value is -1.08. The van der Waals surface area contributed by atoms with Crippen molar-refractivity contribution in [2.75, 3.05) is 6.26 Å². The molecule has 0 radical (unpaired) electrons. The average molecular weight is 188 g/mol. The lowest BCUT2D eigenvalue weighted by Crippen LogP contribution is -2.42. The Morgan fingerprint density at radius 3 is 3.00 bits per heavy atom. The number of thioether (sulfide) groups is 1. The third kappa shape index (κ3) is 1.41. The second kappa shape index (κ2) is 3.11. The Morgan fingerprint density at radius 2 is 2.58 bits per heavy atom. The van der Waals surface area contributed by atoms with Crippen molar-refractivity contribution in [3.05, 3.63) is 22.0 Å². The normalized spacial score (nSPS) is 27.7. The lowest BCUT2D eigenvalue weighted by molar-refractivity contribution is -0.431. The van der Waals surface area contributed by atoms with E-state index in [0.29, 0.717) is 0 Å². The molecule has 12 heavy (non-hydrogen) atoms. The SMILES string of the molecule is CSC1(N)N=CNC=C1[N+](=O)[O-]. The minimum Gasteiger partial charge on any atom is -0.347 e. The molecule has 1 aliphatic heterocycles. The van der Waals surface area contributed by atoms with Crippen LogP contribution < -0.4 is 11.1 Å². The number of rotatable bonds is 2. The van der Waals surface area contributed by atoms with Crippen LogP contribution in [0.1, 0.15) is 0 Å². The van der Waals surface area contributed by atoms with Crippen LogP contribution in [-0.4, -0.2) is 22.5 Å². The van der Waals surface area contributed by atoms with E-state index in [9.17, 15) is 10.1 Å². The molecule has 1 unspecified atom stereocenters. The van der Waals surface area contributed by atoms with E-state index in [-0.39, 0.29) is 5.70 Å². The second-order valence-corrected chi connectivity index (χ2v) is 3.14. The molecule has 0 aliphatic carbocycles. The van der Waals surface area contributed by atoms with E-state index >= 15 is 0 Å². The van der Waals surface area contributed by atoms with Crippen molar-refractivity contribution in [3.8, 4) is 0 Å². The quantitative estimate of drug-likeness (QED) is 0.353. The number of hydrogen-bond acceptors (Lipinski definition) is 6. The van der Waals surface area contributed by atoms with Crippen LogP contribution in [0.2, 0.25) is 0 Å². The minimum absolute atomic E-state index is 0.141. The van der Waals surface area contributed by atoms with Gasteiger partial charge in [-0.2, -0.15) is 0 Å². The summed E-state index contributed by atoms with van der Waals surface area (Å²) >= 11 is 1.11. The molecule has 3 N–H and O–H groups in total. The highest BCUT2D eigenvalue weighted by molar-refractivity contribution is 8.00. The van der Waals surface area contributed by atoms with Gasteiger partial charge in [-0.25, -0.2) is 4.99 Å². The summed E-state index contributed by atoms with van der Waals surface area (Å²) in [5.74, 6) is 0. The number of aliphatic imine (C=N–C) groups is 1. The third-order valence-corrected chi connectivity index (χ3v) is 2.36. The van der Waals surface area contributed by atoms with Gasteiger partial charge in [-0.05, 0) is 6.26 Å². The molecule has 7 heteroatoms. The van der Waals surface area contributed by atoms with Crippen molar-refractivity contribution in [1.29, 1.82) is 0 Å². The van der Waals surface area contributed by atoms with E-state index in [1.54, 1.807) is 6.26 Å². The number of nitrogens with two attached hydrogens (primary N) is 1. The molecule has 0 saturated carbocycles. The van der Waals surface area contributed by atoms with Gasteiger partial charge in [0.2, 0.25) is 4.99 Å². The van der Waals surface area contributed by atoms with Crippen LogP contribution in [0.4, 0.5) is 0 Å². The molecule has 66 valence electrons. The van der Waals surface area contributed by atoms with Gasteiger partial charge in [0, 0.05) is 0 Å². The summed E-state index contributed by atoms with van der Waals surface area (Å²) in [6, 6.07) is 0. The summed E-state index contributed by atoms with van der Waals surface area (Å²) in [6.07, 6.45) is 4.24. The predicted octanol–water partition coefficient (Wildman–Crippen LogP) is -0.288. The maximum Gasteiger partial charge on any atom is 0.314 e. The molecular formula is C5H8N4O2S. The van der Waals surface area contributed by atoms with Crippen LogP contribution in [0.3, 0.4) is 0 Å². The van der Waals surface area contributed by atoms with Crippen molar-refractivity contribution in [3.63, 3.8) is 0 Å². The topological polar surface area (TPSA) is 93.5 Å². The van der Waals surface area contributed by atoms with Gasteiger partial charge < -0.3 is 5.32 Å². The van der Waals surface area contributed by atoms with E-state index in [2.05, 4.69) is 10.3 Å². The van der Waals surface area contributed by atoms with E-state index < -0.39 is 9.92 Å². The lowest BCUT2D eigenvalue weighted by Gasteiger charge is -2.21. The van der Waals surface area contributed by atoms with Crippen molar-refractivity contribution in [2.45, 2.75) is 4.99 Å². The molecule has 6 nitrogen and oxygen atoms in total. The zero-order valence-electron chi connectivity index (χ0n) is 6.35. The fraction of sp³-hybridized carbons (Fsp3) is 0.400. The van der Waals surface area contributed by atoms with Crippen LogP contribution in [0.25, 0.3) is 0 Å². The zero-order valence-corrected chi connectivity index (χ0v) is 7.17. The van der Waals surface area contributed by atoms with E-state index in [1.807, 2.05) is 0 Å². The molecule has 1 rings (SSSR count). The van der Waals surface area contributed by atoms with Gasteiger partial charge in [-0.3, -0.25) is 15.8 Å². The number of nitro groups is 1. The third-order valence-electron chi connectivity index (χ3n) is 1.43. The van der Waals surface area contributed by atoms with Gasteiger partial charge in [0.25, 0.3) is 0 Å². The summed E-state index contributed by atoms with van der Waals surface area (Å²) < 4.78 is 0. The van der Waals surface area contributed by atoms with Gasteiger partial charge in [0.1, 0.15) is 0 Å². The smallest absolute Gasteiger partial charge is 0.314 e. The molecule has 1 heterocycles. The van der Waals surface area contributed by atoms with Crippen LogP contribution in [0.5, 0.6) is 0 Å². The fourth-order valence-electron chi connectivity index (χ4n) is 0.760. The highest BCUT2D eigenvalue weighted by Gasteiger charge is 2.39. The summed E-state index contributed by atoms with van der Waals surface area (Å²) in [7, 11) is 0. The molecule has 0 aromatic heterocycles. The number of nitrogens with zero attached hydrogens (tertiary/aromatic N) is 2. The summed E-state index contributed by atoms with van der Waals surface area (Å²) in [5.41, 5.74) is 5.48. The monoisotopic (exact) mass is 188 g/mol. The highest BCUT2D eigenvalue weighted by Crippen LogP contribution is 2.27. The first kappa shape index (κ1) is 9.01. The van der Waals surface area contributed by atoms with Crippen LogP contribution >= 0.6 is 11.8 Å². The minimum atomic E-state index is -1.26. The van der Waals surface area contributed by atoms with Gasteiger partial charge >= 0.3 is 5.70 Å². The van der Waals surface area contributed by atoms with Crippen LogP contribution in [-0.2, 0) is 0 Å². The largest absolute Gasteiger partial charge is 0.347 e. The number of hydrogen-bond donors (Lipinski definition) is 2. The Balaban J connectivity index is 2.97. The first-order valence-corrected chi connectivity index (χ1v) is 4.31. The summed E-state index contributed by atoms with van der Waals surface area (Å²) in [5, 5.41) is 13.0. The maximum absolute atomic E-state index is 10.5. The Bertz CT molecular complexity index is 264. The number of nitrogens with one attached hydrogen (secondary N) is 1. The van der Waals surface area contributed by atoms with Gasteiger partial charge in [-0.1, -0.05) is 0 Å². The zero-order chi connectivity index (χ0) is 9.19. The molecule has 0 spiro atoms. The summed E-state index contributed by atoms with van der Waals surface area (Å²) in [4.78, 5) is 12.4. The summed E-state index contributed by atoms with van der Waals surface area (Å²) in [6.45, 7) is 0. The van der Waals surface area contributed by atoms with Gasteiger partial charge in [0.05, 0.1) is 17.5 Å². The Labute approximate surface area is 73.1 Å². The molecule has 1 atom stereocenters. The first-order chi connectivity index (χ1) is 5.60. The van der Waals surface area contributed by atoms with Crippen molar-refractivity contribution in [2.24, 2.45) is 10.7 Å². The van der Waals surface area contributed by atoms with Crippen molar-refractivity contribution >= 4 is 18.1 Å². The predicted molar refractivity (Wildman–Crippen MR) is 47.1 cm³/mol. The maximum atomic E-state index is 10.5. The molecular weight excluding hydrogens is 180 g/mol. The molecule has 0 bridgehead atoms. The van der Waals surface area contributed by atoms with E-state index in [4.69, 9.17) is 5.73 Å². The van der Waals surface area contributed by atoms with Crippen LogP contribution in [0.15, 0.2) is 16.9 Å². The van der Waals surface area contributed by atoms with Crippen molar-refractivity contribution < 1.29 is 4.92 Å². The molecule has 0 aromatic rings. The van der Waals surface area contributed by atoms with Crippen LogP contribution in [0, 0.1) is 10.1 Å². The van der Waals surface area contributed by atoms with E-state index in [1.165, 1.54) is 12.5 Å². The molecule has 0 fully saturated rings. The Kier molecular flexibility index (Phi) is 2.34. The van der Waals surface area contributed by atoms with Gasteiger partial charge in [-0.15, -0.1) is 11.8 Å². The van der Waals surface area contributed by atoms with Gasteiger partial charge in [0.15, 0.2) is 0 Å². The Morgan fingerprint density at radius 1 is 1.92 bits per heavy atom. The lowest BCUT2D eigenvalue weighted by atomic mass is 10.3. The fourth-order valence-corrected chi connectivity index (χ4v) is 1.26. The second-order valence-electron chi connectivity index (χ2n) is 2.11. The van der Waals surface area contributed by atoms with Crippen molar-refractivity contribution in [1.82, 2.24) is 5.32 Å². The molecule has 0 amide bonds. The van der Waals surface area contributed by atoms with E-state index in [0.717, 1.165) is 11.8 Å². The standard InChI is InChI=1S/C5H8N4O2S/c1-12-5(6)4(9(10)11)2-7-3-8-5/h2-3H,6H2,1H3,(H,7,8). The molecule has 0 aromatic carbocycles. The average Bonchev–Trinajstić information content (AvgIpc) is 2.05. The highest BCUT2D eigenvalue weighted by atomic mass is 32.2. The molecule has 0 saturated heterocycles. The molecule has 1 aliphatic rings. The first-order valence-electron chi connectivity index (χ1n) is 3.09.